The van der Waals surface area contributed by atoms with Gasteiger partial charge in [0, 0.05) is 5.56 Å². The molecule has 0 aromatic heterocycles. The minimum atomic E-state index is -4.63. The van der Waals surface area contributed by atoms with Crippen LogP contribution in [0.2, 0.25) is 10.0 Å². The molecule has 0 saturated carbocycles. The van der Waals surface area contributed by atoms with Crippen LogP contribution in [0.5, 0.6) is 0 Å². The average Bonchev–Trinajstić information content (AvgIpc) is 2.98. The first kappa shape index (κ1) is 21.9. The summed E-state index contributed by atoms with van der Waals surface area (Å²) in [7, 11) is 0. The molecule has 0 fully saturated rings. The van der Waals surface area contributed by atoms with Gasteiger partial charge in [-0.2, -0.15) is 13.2 Å². The Morgan fingerprint density at radius 3 is 1.91 bits per heavy atom. The first-order chi connectivity index (χ1) is 15.1. The quantitative estimate of drug-likeness (QED) is 0.464. The van der Waals surface area contributed by atoms with E-state index in [-0.39, 0.29) is 38.1 Å². The van der Waals surface area contributed by atoms with Gasteiger partial charge in [0.15, 0.2) is 0 Å². The molecule has 0 unspecified atom stereocenters. The lowest BCUT2D eigenvalue weighted by molar-refractivity contribution is -0.136. The summed E-state index contributed by atoms with van der Waals surface area (Å²) in [5.74, 6) is -2.01. The Labute approximate surface area is 189 Å². The topological polar surface area (TPSA) is 66.5 Å². The summed E-state index contributed by atoms with van der Waals surface area (Å²) in [5, 5.41) is 2.48. The van der Waals surface area contributed by atoms with Gasteiger partial charge in [0.25, 0.3) is 17.7 Å². The van der Waals surface area contributed by atoms with Crippen molar-refractivity contribution < 1.29 is 27.6 Å². The molecule has 0 saturated heterocycles. The molecular formula is C22H11Cl2F3N2O3. The minimum absolute atomic E-state index is 0.0356. The molecule has 1 N–H and O–H groups in total. The van der Waals surface area contributed by atoms with Crippen molar-refractivity contribution in [3.63, 3.8) is 0 Å². The number of hydrogen-bond donors (Lipinski definition) is 1. The predicted octanol–water partition coefficient (Wildman–Crippen LogP) is 6.07. The highest BCUT2D eigenvalue weighted by Crippen LogP contribution is 2.36. The molecule has 0 spiro atoms. The fraction of sp³-hybridized carbons (Fsp3) is 0.0455. The maximum atomic E-state index is 13.1. The number of carbonyl (C=O) groups is 3. The van der Waals surface area contributed by atoms with Crippen LogP contribution >= 0.6 is 23.2 Å². The average molecular weight is 479 g/mol. The van der Waals surface area contributed by atoms with Crippen LogP contribution in [0.3, 0.4) is 0 Å². The summed E-state index contributed by atoms with van der Waals surface area (Å²) in [5.41, 5.74) is -0.967. The fourth-order valence-corrected chi connectivity index (χ4v) is 3.59. The van der Waals surface area contributed by atoms with Gasteiger partial charge in [-0.05, 0) is 48.5 Å². The number of para-hydroxylation sites is 1. The Balaban J connectivity index is 1.58. The number of nitrogens with zero attached hydrogens (tertiary/aromatic N) is 1. The summed E-state index contributed by atoms with van der Waals surface area (Å²) in [6.45, 7) is 0. The zero-order valence-corrected chi connectivity index (χ0v) is 17.3. The highest BCUT2D eigenvalue weighted by Gasteiger charge is 2.37. The van der Waals surface area contributed by atoms with Gasteiger partial charge in [0.1, 0.15) is 0 Å². The molecule has 0 aliphatic carbocycles. The molecule has 3 aromatic carbocycles. The van der Waals surface area contributed by atoms with Gasteiger partial charge in [-0.25, -0.2) is 4.90 Å². The minimum Gasteiger partial charge on any atom is -0.321 e. The van der Waals surface area contributed by atoms with Gasteiger partial charge < -0.3 is 5.32 Å². The number of rotatable bonds is 3. The lowest BCUT2D eigenvalue weighted by atomic mass is 10.1. The molecule has 1 heterocycles. The molecule has 0 bridgehead atoms. The maximum Gasteiger partial charge on any atom is 0.418 e. The van der Waals surface area contributed by atoms with Gasteiger partial charge in [0.2, 0.25) is 0 Å². The Hall–Kier alpha value is -3.36. The highest BCUT2D eigenvalue weighted by atomic mass is 35.5. The van der Waals surface area contributed by atoms with Gasteiger partial charge in [0.05, 0.1) is 38.1 Å². The van der Waals surface area contributed by atoms with E-state index >= 15 is 0 Å². The van der Waals surface area contributed by atoms with Gasteiger partial charge >= 0.3 is 6.18 Å². The molecule has 4 rings (SSSR count). The van der Waals surface area contributed by atoms with E-state index in [0.717, 1.165) is 17.0 Å². The van der Waals surface area contributed by atoms with Crippen molar-refractivity contribution in [3.8, 4) is 0 Å². The lowest BCUT2D eigenvalue weighted by Gasteiger charge is -2.15. The molecule has 0 radical (unpaired) electrons. The zero-order chi connectivity index (χ0) is 23.2. The smallest absolute Gasteiger partial charge is 0.321 e. The van der Waals surface area contributed by atoms with Crippen molar-refractivity contribution in [3.05, 3.63) is 93.0 Å². The number of hydrogen-bond acceptors (Lipinski definition) is 3. The molecular weight excluding hydrogens is 468 g/mol. The third-order valence-electron chi connectivity index (χ3n) is 4.80. The first-order valence-corrected chi connectivity index (χ1v) is 9.79. The number of benzene rings is 3. The van der Waals surface area contributed by atoms with Crippen LogP contribution in [0.15, 0.2) is 60.7 Å². The zero-order valence-electron chi connectivity index (χ0n) is 15.8. The molecule has 3 aromatic rings. The summed E-state index contributed by atoms with van der Waals surface area (Å²) >= 11 is 11.9. The fourth-order valence-electron chi connectivity index (χ4n) is 3.26. The monoisotopic (exact) mass is 478 g/mol. The molecule has 0 atom stereocenters. The van der Waals surface area contributed by atoms with Crippen molar-refractivity contribution in [2.24, 2.45) is 0 Å². The van der Waals surface area contributed by atoms with E-state index in [1.807, 2.05) is 0 Å². The first-order valence-electron chi connectivity index (χ1n) is 9.03. The van der Waals surface area contributed by atoms with E-state index in [9.17, 15) is 27.6 Å². The van der Waals surface area contributed by atoms with Gasteiger partial charge in [-0.1, -0.05) is 35.3 Å². The van der Waals surface area contributed by atoms with Crippen molar-refractivity contribution >= 4 is 52.3 Å². The van der Waals surface area contributed by atoms with Crippen LogP contribution in [-0.4, -0.2) is 17.7 Å². The summed E-state index contributed by atoms with van der Waals surface area (Å²) in [6.07, 6.45) is -4.63. The second kappa shape index (κ2) is 7.96. The van der Waals surface area contributed by atoms with E-state index in [4.69, 9.17) is 23.2 Å². The second-order valence-electron chi connectivity index (χ2n) is 6.80. The summed E-state index contributed by atoms with van der Waals surface area (Å²) < 4.78 is 39.4. The van der Waals surface area contributed by atoms with Crippen molar-refractivity contribution in [2.45, 2.75) is 6.18 Å². The second-order valence-corrected chi connectivity index (χ2v) is 7.62. The number of fused-ring (bicyclic) bond motifs is 1. The summed E-state index contributed by atoms with van der Waals surface area (Å²) in [6, 6.07) is 12.5. The Kier molecular flexibility index (Phi) is 5.44. The van der Waals surface area contributed by atoms with E-state index in [2.05, 4.69) is 5.32 Å². The number of carbonyl (C=O) groups excluding carboxylic acids is 3. The molecule has 1 aliphatic rings. The largest absolute Gasteiger partial charge is 0.418 e. The predicted molar refractivity (Wildman–Crippen MR) is 113 cm³/mol. The van der Waals surface area contributed by atoms with Crippen molar-refractivity contribution in [1.82, 2.24) is 0 Å². The van der Waals surface area contributed by atoms with Crippen LogP contribution < -0.4 is 10.2 Å². The number of amides is 3. The van der Waals surface area contributed by atoms with Gasteiger partial charge in [-0.3, -0.25) is 14.4 Å². The standard InChI is InChI=1S/C22H11Cl2F3N2O3/c23-16-9-13-14(10-17(16)24)21(32)29(20(13)31)12-7-5-11(6-8-12)19(30)28-18-4-2-1-3-15(18)22(25,26)27/h1-10H,(H,28,30). The van der Waals surface area contributed by atoms with Crippen molar-refractivity contribution in [1.29, 1.82) is 0 Å². The third-order valence-corrected chi connectivity index (χ3v) is 5.52. The number of anilines is 2. The Morgan fingerprint density at radius 1 is 0.844 bits per heavy atom. The van der Waals surface area contributed by atoms with E-state index < -0.39 is 29.5 Å². The molecule has 32 heavy (non-hydrogen) atoms. The molecule has 162 valence electrons. The molecule has 5 nitrogen and oxygen atoms in total. The van der Waals surface area contributed by atoms with E-state index in [1.54, 1.807) is 0 Å². The molecule has 3 amide bonds. The van der Waals surface area contributed by atoms with Crippen LogP contribution in [-0.2, 0) is 6.18 Å². The Bertz CT molecular complexity index is 1230. The number of nitrogens with one attached hydrogen (secondary N) is 1. The lowest BCUT2D eigenvalue weighted by Crippen LogP contribution is -2.29. The third kappa shape index (κ3) is 3.83. The summed E-state index contributed by atoms with van der Waals surface area (Å²) in [4.78, 5) is 38.7. The van der Waals surface area contributed by atoms with E-state index in [0.29, 0.717) is 0 Å². The maximum absolute atomic E-state index is 13.1. The van der Waals surface area contributed by atoms with E-state index in [1.165, 1.54) is 48.5 Å². The SMILES string of the molecule is O=C(Nc1ccccc1C(F)(F)F)c1ccc(N2C(=O)c3cc(Cl)c(Cl)cc3C2=O)cc1. The highest BCUT2D eigenvalue weighted by molar-refractivity contribution is 6.44. The number of halogens is 5. The number of alkyl halides is 3. The number of imide groups is 1. The Morgan fingerprint density at radius 2 is 1.38 bits per heavy atom. The van der Waals surface area contributed by atoms with Gasteiger partial charge in [-0.15, -0.1) is 0 Å². The molecule has 1 aliphatic heterocycles. The van der Waals surface area contributed by atoms with Crippen LogP contribution in [0.25, 0.3) is 0 Å². The van der Waals surface area contributed by atoms with Crippen molar-refractivity contribution in [2.75, 3.05) is 10.2 Å². The van der Waals surface area contributed by atoms with Crippen LogP contribution in [0.4, 0.5) is 24.5 Å². The normalized spacial score (nSPS) is 13.3. The molecule has 10 heteroatoms. The van der Waals surface area contributed by atoms with Crippen LogP contribution in [0.1, 0.15) is 36.6 Å². The van der Waals surface area contributed by atoms with Crippen LogP contribution in [0, 0.1) is 0 Å².